The van der Waals surface area contributed by atoms with Gasteiger partial charge in [0.25, 0.3) is 11.1 Å². The summed E-state index contributed by atoms with van der Waals surface area (Å²) < 4.78 is 3.51. The lowest BCUT2D eigenvalue weighted by molar-refractivity contribution is 0.940. The van der Waals surface area contributed by atoms with Gasteiger partial charge in [0, 0.05) is 10.0 Å². The maximum absolute atomic E-state index is 13.1. The SMILES string of the molecule is O=c1c2ccc(Cl)cc2[nH]c(=S)n1-c1ccc(/C=C/c2ccc(-n3c(=S)[nH]c4cc(Cl)ccc4c3=O)cc2)cc1. The van der Waals surface area contributed by atoms with E-state index in [1.165, 1.54) is 9.13 Å². The molecule has 0 spiro atoms. The minimum atomic E-state index is -0.215. The van der Waals surface area contributed by atoms with E-state index in [1.54, 1.807) is 36.4 Å². The molecular formula is C30H18Cl2N4O2S2. The van der Waals surface area contributed by atoms with Crippen LogP contribution in [0.15, 0.2) is 94.5 Å². The van der Waals surface area contributed by atoms with Gasteiger partial charge in [0.15, 0.2) is 9.54 Å². The molecule has 0 saturated carbocycles. The number of H-pyrrole nitrogens is 2. The number of halogens is 2. The molecule has 4 aromatic carbocycles. The summed E-state index contributed by atoms with van der Waals surface area (Å²) in [6.07, 6.45) is 3.92. The number of nitrogens with one attached hydrogen (secondary N) is 2. The van der Waals surface area contributed by atoms with Crippen LogP contribution in [-0.4, -0.2) is 19.1 Å². The van der Waals surface area contributed by atoms with E-state index >= 15 is 0 Å². The Morgan fingerprint density at radius 3 is 1.32 bits per heavy atom. The largest absolute Gasteiger partial charge is 0.331 e. The number of benzene rings is 4. The van der Waals surface area contributed by atoms with Crippen molar-refractivity contribution in [3.8, 4) is 11.4 Å². The fourth-order valence-electron chi connectivity index (χ4n) is 4.51. The molecule has 6 aromatic rings. The second-order valence-corrected chi connectivity index (χ2v) is 10.7. The molecule has 2 aromatic heterocycles. The number of aromatic amines is 2. The van der Waals surface area contributed by atoms with Crippen molar-refractivity contribution in [2.24, 2.45) is 0 Å². The number of rotatable bonds is 4. The first-order chi connectivity index (χ1) is 19.3. The summed E-state index contributed by atoms with van der Waals surface area (Å²) in [5, 5.41) is 2.06. The highest BCUT2D eigenvalue weighted by Gasteiger charge is 2.09. The number of hydrogen-bond donors (Lipinski definition) is 2. The molecule has 6 nitrogen and oxygen atoms in total. The fourth-order valence-corrected chi connectivity index (χ4v) is 5.45. The van der Waals surface area contributed by atoms with Crippen LogP contribution in [0.2, 0.25) is 10.0 Å². The summed E-state index contributed by atoms with van der Waals surface area (Å²) in [6, 6.07) is 25.1. The van der Waals surface area contributed by atoms with Crippen LogP contribution in [0, 0.1) is 9.54 Å². The second-order valence-electron chi connectivity index (χ2n) is 9.04. The highest BCUT2D eigenvalue weighted by Crippen LogP contribution is 2.19. The Labute approximate surface area is 247 Å². The molecule has 196 valence electrons. The quantitative estimate of drug-likeness (QED) is 0.159. The van der Waals surface area contributed by atoms with Crippen LogP contribution in [0.25, 0.3) is 45.3 Å². The Bertz CT molecular complexity index is 2050. The van der Waals surface area contributed by atoms with Crippen LogP contribution in [0.4, 0.5) is 0 Å². The monoisotopic (exact) mass is 600 g/mol. The molecule has 10 heteroatoms. The topological polar surface area (TPSA) is 75.6 Å². The van der Waals surface area contributed by atoms with E-state index in [4.69, 9.17) is 47.6 Å². The number of aromatic nitrogens is 4. The smallest absolute Gasteiger partial charge is 0.266 e. The van der Waals surface area contributed by atoms with Crippen molar-refractivity contribution in [1.82, 2.24) is 19.1 Å². The van der Waals surface area contributed by atoms with Crippen LogP contribution in [-0.2, 0) is 0 Å². The van der Waals surface area contributed by atoms with Gasteiger partial charge in [-0.25, -0.2) is 0 Å². The minimum absolute atomic E-state index is 0.215. The van der Waals surface area contributed by atoms with Gasteiger partial charge in [-0.3, -0.25) is 18.7 Å². The van der Waals surface area contributed by atoms with Crippen molar-refractivity contribution in [3.63, 3.8) is 0 Å². The molecule has 0 atom stereocenters. The first-order valence-corrected chi connectivity index (χ1v) is 13.6. The van der Waals surface area contributed by atoms with Crippen molar-refractivity contribution < 1.29 is 0 Å². The van der Waals surface area contributed by atoms with Crippen molar-refractivity contribution in [3.05, 3.63) is 136 Å². The van der Waals surface area contributed by atoms with Crippen molar-refractivity contribution >= 4 is 81.6 Å². The van der Waals surface area contributed by atoms with E-state index in [0.717, 1.165) is 11.1 Å². The van der Waals surface area contributed by atoms with Gasteiger partial charge < -0.3 is 9.97 Å². The summed E-state index contributed by atoms with van der Waals surface area (Å²) in [6.45, 7) is 0. The van der Waals surface area contributed by atoms with Gasteiger partial charge in [-0.1, -0.05) is 59.6 Å². The minimum Gasteiger partial charge on any atom is -0.331 e. The molecular weight excluding hydrogens is 583 g/mol. The van der Waals surface area contributed by atoms with Crippen molar-refractivity contribution in [2.45, 2.75) is 0 Å². The molecule has 0 unspecified atom stereocenters. The molecule has 0 aliphatic heterocycles. The van der Waals surface area contributed by atoms with E-state index in [-0.39, 0.29) is 20.7 Å². The molecule has 6 rings (SSSR count). The zero-order chi connectivity index (χ0) is 28.0. The zero-order valence-corrected chi connectivity index (χ0v) is 23.7. The molecule has 0 radical (unpaired) electrons. The van der Waals surface area contributed by atoms with Crippen LogP contribution < -0.4 is 11.1 Å². The maximum Gasteiger partial charge on any atom is 0.266 e. The van der Waals surface area contributed by atoms with E-state index in [2.05, 4.69) is 9.97 Å². The van der Waals surface area contributed by atoms with Gasteiger partial charge in [-0.2, -0.15) is 0 Å². The number of fused-ring (bicyclic) bond motifs is 2. The molecule has 0 amide bonds. The standard InChI is InChI=1S/C30H18Cl2N4O2S2/c31-19-7-13-23-25(15-19)33-29(39)35(27(23)37)21-9-3-17(4-10-21)1-2-18-5-11-22(12-6-18)36-28(38)24-14-8-20(32)16-26(24)34-30(36)40/h1-16H,(H,33,39)(H,34,40)/b2-1+. The van der Waals surface area contributed by atoms with Crippen molar-refractivity contribution in [2.75, 3.05) is 0 Å². The van der Waals surface area contributed by atoms with Gasteiger partial charge in [0.05, 0.1) is 33.2 Å². The maximum atomic E-state index is 13.1. The van der Waals surface area contributed by atoms with Crippen LogP contribution >= 0.6 is 47.6 Å². The Kier molecular flexibility index (Phi) is 6.85. The molecule has 0 aliphatic carbocycles. The van der Waals surface area contributed by atoms with Gasteiger partial charge in [-0.15, -0.1) is 0 Å². The van der Waals surface area contributed by atoms with E-state index in [0.29, 0.717) is 43.2 Å². The Hall–Kier alpha value is -4.08. The summed E-state index contributed by atoms with van der Waals surface area (Å²) in [7, 11) is 0. The van der Waals surface area contributed by atoms with Crippen LogP contribution in [0.5, 0.6) is 0 Å². The third-order valence-corrected chi connectivity index (χ3v) is 7.53. The molecule has 0 fully saturated rings. The first kappa shape index (κ1) is 26.2. The third-order valence-electron chi connectivity index (χ3n) is 6.49. The van der Waals surface area contributed by atoms with Gasteiger partial charge in [0.1, 0.15) is 0 Å². The average molecular weight is 602 g/mol. The van der Waals surface area contributed by atoms with Crippen molar-refractivity contribution in [1.29, 1.82) is 0 Å². The predicted octanol–water partition coefficient (Wildman–Crippen LogP) is 7.89. The Balaban J connectivity index is 1.26. The summed E-state index contributed by atoms with van der Waals surface area (Å²) in [5.74, 6) is 0. The number of hydrogen-bond acceptors (Lipinski definition) is 4. The summed E-state index contributed by atoms with van der Waals surface area (Å²) in [4.78, 5) is 32.3. The highest BCUT2D eigenvalue weighted by atomic mass is 35.5. The van der Waals surface area contributed by atoms with Gasteiger partial charge >= 0.3 is 0 Å². The van der Waals surface area contributed by atoms with E-state index in [9.17, 15) is 9.59 Å². The van der Waals surface area contributed by atoms with Gasteiger partial charge in [-0.05, 0) is 96.2 Å². The molecule has 0 bridgehead atoms. The summed E-state index contributed by atoms with van der Waals surface area (Å²) >= 11 is 23.0. The molecule has 0 aliphatic rings. The Morgan fingerprint density at radius 1 is 0.575 bits per heavy atom. The Morgan fingerprint density at radius 2 is 0.950 bits per heavy atom. The molecule has 2 N–H and O–H groups in total. The fraction of sp³-hybridized carbons (Fsp3) is 0. The molecule has 40 heavy (non-hydrogen) atoms. The number of nitrogens with zero attached hydrogens (tertiary/aromatic N) is 2. The van der Waals surface area contributed by atoms with E-state index < -0.39 is 0 Å². The molecule has 2 heterocycles. The first-order valence-electron chi connectivity index (χ1n) is 12.1. The molecule has 0 saturated heterocycles. The lowest BCUT2D eigenvalue weighted by Gasteiger charge is -2.09. The third kappa shape index (κ3) is 4.87. The lowest BCUT2D eigenvalue weighted by atomic mass is 10.1. The van der Waals surface area contributed by atoms with Crippen LogP contribution in [0.3, 0.4) is 0 Å². The average Bonchev–Trinajstić information content (AvgIpc) is 2.93. The predicted molar refractivity (Wildman–Crippen MR) is 168 cm³/mol. The highest BCUT2D eigenvalue weighted by molar-refractivity contribution is 7.71. The van der Waals surface area contributed by atoms with E-state index in [1.807, 2.05) is 60.7 Å². The second kappa shape index (κ2) is 10.5. The summed E-state index contributed by atoms with van der Waals surface area (Å²) in [5.41, 5.74) is 3.96. The zero-order valence-electron chi connectivity index (χ0n) is 20.5. The van der Waals surface area contributed by atoms with Crippen LogP contribution in [0.1, 0.15) is 11.1 Å². The van der Waals surface area contributed by atoms with Gasteiger partial charge in [0.2, 0.25) is 0 Å². The normalized spacial score (nSPS) is 11.6. The lowest BCUT2D eigenvalue weighted by Crippen LogP contribution is -2.20.